The van der Waals surface area contributed by atoms with Crippen molar-refractivity contribution in [2.24, 2.45) is 0 Å². The summed E-state index contributed by atoms with van der Waals surface area (Å²) in [6.45, 7) is 1.83. The first-order valence-corrected chi connectivity index (χ1v) is 8.58. The molecule has 0 radical (unpaired) electrons. The highest BCUT2D eigenvalue weighted by Gasteiger charge is 2.18. The van der Waals surface area contributed by atoms with Crippen LogP contribution in [0.25, 0.3) is 5.69 Å². The van der Waals surface area contributed by atoms with E-state index in [0.29, 0.717) is 15.9 Å². The van der Waals surface area contributed by atoms with Crippen LogP contribution in [0.3, 0.4) is 0 Å². The second-order valence-electron chi connectivity index (χ2n) is 5.08. The molecule has 3 aromatic rings. The highest BCUT2D eigenvalue weighted by Crippen LogP contribution is 2.25. The first-order valence-electron chi connectivity index (χ1n) is 7.32. The maximum atomic E-state index is 12.4. The average Bonchev–Trinajstić information content (AvgIpc) is 3.03. The Hall–Kier alpha value is -2.31. The molecule has 2 aromatic carbocycles. The van der Waals surface area contributed by atoms with E-state index in [4.69, 9.17) is 11.6 Å². The molecule has 0 fully saturated rings. The van der Waals surface area contributed by atoms with E-state index in [1.165, 1.54) is 11.8 Å². The SMILES string of the molecule is CC(Sc1nncn1-c1ccccc1)C(=O)Nc1cccc(Cl)c1. The maximum Gasteiger partial charge on any atom is 0.237 e. The van der Waals surface area contributed by atoms with Gasteiger partial charge in [-0.1, -0.05) is 47.6 Å². The number of nitrogens with zero attached hydrogens (tertiary/aromatic N) is 3. The lowest BCUT2D eigenvalue weighted by Crippen LogP contribution is -2.22. The molecule has 0 bridgehead atoms. The molecule has 0 aliphatic heterocycles. The lowest BCUT2D eigenvalue weighted by atomic mass is 10.3. The van der Waals surface area contributed by atoms with Crippen molar-refractivity contribution in [2.45, 2.75) is 17.3 Å². The van der Waals surface area contributed by atoms with Crippen molar-refractivity contribution in [3.63, 3.8) is 0 Å². The fourth-order valence-corrected chi connectivity index (χ4v) is 3.13. The summed E-state index contributed by atoms with van der Waals surface area (Å²) in [5, 5.41) is 11.8. The van der Waals surface area contributed by atoms with Crippen LogP contribution in [0.4, 0.5) is 5.69 Å². The molecule has 5 nitrogen and oxygen atoms in total. The monoisotopic (exact) mass is 358 g/mol. The lowest BCUT2D eigenvalue weighted by molar-refractivity contribution is -0.115. The fourth-order valence-electron chi connectivity index (χ4n) is 2.09. The molecule has 0 spiro atoms. The van der Waals surface area contributed by atoms with Crippen molar-refractivity contribution in [3.05, 3.63) is 65.9 Å². The smallest absolute Gasteiger partial charge is 0.237 e. The van der Waals surface area contributed by atoms with Crippen LogP contribution in [0.2, 0.25) is 5.02 Å². The minimum absolute atomic E-state index is 0.120. The molecule has 0 saturated heterocycles. The van der Waals surface area contributed by atoms with Crippen molar-refractivity contribution in [1.82, 2.24) is 14.8 Å². The first-order chi connectivity index (χ1) is 11.6. The van der Waals surface area contributed by atoms with E-state index >= 15 is 0 Å². The molecule has 0 aliphatic rings. The Morgan fingerprint density at radius 1 is 1.21 bits per heavy atom. The van der Waals surface area contributed by atoms with Gasteiger partial charge in [0.15, 0.2) is 5.16 Å². The number of para-hydroxylation sites is 1. The summed E-state index contributed by atoms with van der Waals surface area (Å²) in [6.07, 6.45) is 1.64. The number of nitrogens with one attached hydrogen (secondary N) is 1. The van der Waals surface area contributed by atoms with Gasteiger partial charge in [0, 0.05) is 16.4 Å². The van der Waals surface area contributed by atoms with Gasteiger partial charge in [-0.25, -0.2) is 0 Å². The number of benzene rings is 2. The maximum absolute atomic E-state index is 12.4. The summed E-state index contributed by atoms with van der Waals surface area (Å²) >= 11 is 7.28. The second-order valence-corrected chi connectivity index (χ2v) is 6.82. The molecular weight excluding hydrogens is 344 g/mol. The van der Waals surface area contributed by atoms with Crippen LogP contribution in [0, 0.1) is 0 Å². The number of hydrogen-bond donors (Lipinski definition) is 1. The third kappa shape index (κ3) is 3.96. The number of thioether (sulfide) groups is 1. The van der Waals surface area contributed by atoms with Crippen molar-refractivity contribution in [3.8, 4) is 5.69 Å². The fraction of sp³-hybridized carbons (Fsp3) is 0.118. The van der Waals surface area contributed by atoms with Crippen molar-refractivity contribution in [1.29, 1.82) is 0 Å². The van der Waals surface area contributed by atoms with Crippen molar-refractivity contribution < 1.29 is 4.79 Å². The largest absolute Gasteiger partial charge is 0.325 e. The molecule has 3 rings (SSSR count). The summed E-state index contributed by atoms with van der Waals surface area (Å²) in [4.78, 5) is 12.4. The van der Waals surface area contributed by atoms with Crippen LogP contribution < -0.4 is 5.32 Å². The lowest BCUT2D eigenvalue weighted by Gasteiger charge is -2.12. The Morgan fingerprint density at radius 3 is 2.75 bits per heavy atom. The number of anilines is 1. The van der Waals surface area contributed by atoms with Gasteiger partial charge < -0.3 is 5.32 Å². The van der Waals surface area contributed by atoms with Gasteiger partial charge in [-0.15, -0.1) is 10.2 Å². The number of rotatable bonds is 5. The molecule has 1 aromatic heterocycles. The quantitative estimate of drug-likeness (QED) is 0.699. The van der Waals surface area contributed by atoms with Crippen LogP contribution >= 0.6 is 23.4 Å². The van der Waals surface area contributed by atoms with Gasteiger partial charge in [0.2, 0.25) is 5.91 Å². The van der Waals surface area contributed by atoms with Crippen LogP contribution in [0.15, 0.2) is 66.1 Å². The van der Waals surface area contributed by atoms with Crippen LogP contribution in [0.1, 0.15) is 6.92 Å². The predicted molar refractivity (Wildman–Crippen MR) is 96.8 cm³/mol. The number of carbonyl (C=O) groups excluding carboxylic acids is 1. The van der Waals surface area contributed by atoms with Gasteiger partial charge in [0.1, 0.15) is 6.33 Å². The predicted octanol–water partition coefficient (Wildman–Crippen LogP) is 4.04. The summed E-state index contributed by atoms with van der Waals surface area (Å²) in [7, 11) is 0. The third-order valence-corrected chi connectivity index (χ3v) is 4.59. The third-order valence-electron chi connectivity index (χ3n) is 3.29. The molecule has 122 valence electrons. The number of amides is 1. The Bertz CT molecular complexity index is 837. The van der Waals surface area contributed by atoms with Gasteiger partial charge >= 0.3 is 0 Å². The van der Waals surface area contributed by atoms with Crippen molar-refractivity contribution in [2.75, 3.05) is 5.32 Å². The molecule has 0 saturated carbocycles. The van der Waals surface area contributed by atoms with Gasteiger partial charge in [-0.3, -0.25) is 9.36 Å². The Kier molecular flexibility index (Phi) is 5.17. The van der Waals surface area contributed by atoms with Gasteiger partial charge in [0.25, 0.3) is 0 Å². The molecule has 1 unspecified atom stereocenters. The van der Waals surface area contributed by atoms with E-state index in [0.717, 1.165) is 5.69 Å². The summed E-state index contributed by atoms with van der Waals surface area (Å²) in [6, 6.07) is 16.8. The molecule has 7 heteroatoms. The van der Waals surface area contributed by atoms with Gasteiger partial charge in [-0.05, 0) is 37.3 Å². The number of carbonyl (C=O) groups is 1. The Balaban J connectivity index is 1.70. The Labute approximate surface area is 149 Å². The molecule has 24 heavy (non-hydrogen) atoms. The number of aromatic nitrogens is 3. The van der Waals surface area contributed by atoms with E-state index in [1.54, 1.807) is 30.6 Å². The molecule has 1 amide bonds. The number of halogens is 1. The molecule has 1 heterocycles. The van der Waals surface area contributed by atoms with Gasteiger partial charge in [-0.2, -0.15) is 0 Å². The van der Waals surface area contributed by atoms with E-state index < -0.39 is 0 Å². The standard InChI is InChI=1S/C17H15ClN4OS/c1-12(16(23)20-14-7-5-6-13(18)10-14)24-17-21-19-11-22(17)15-8-3-2-4-9-15/h2-12H,1H3,(H,20,23). The zero-order valence-corrected chi connectivity index (χ0v) is 14.5. The van der Waals surface area contributed by atoms with Crippen molar-refractivity contribution >= 4 is 35.0 Å². The van der Waals surface area contributed by atoms with E-state index in [-0.39, 0.29) is 11.2 Å². The normalized spacial score (nSPS) is 11.9. The zero-order valence-electron chi connectivity index (χ0n) is 12.9. The number of hydrogen-bond acceptors (Lipinski definition) is 4. The zero-order chi connectivity index (χ0) is 16.9. The van der Waals surface area contributed by atoms with Gasteiger partial charge in [0.05, 0.1) is 5.25 Å². The second kappa shape index (κ2) is 7.51. The molecular formula is C17H15ClN4OS. The minimum atomic E-state index is -0.337. The van der Waals surface area contributed by atoms with Crippen LogP contribution in [-0.4, -0.2) is 25.9 Å². The molecule has 0 aliphatic carbocycles. The van der Waals surface area contributed by atoms with E-state index in [1.807, 2.05) is 41.8 Å². The van der Waals surface area contributed by atoms with Crippen LogP contribution in [0.5, 0.6) is 0 Å². The first kappa shape index (κ1) is 16.5. The average molecular weight is 359 g/mol. The van der Waals surface area contributed by atoms with Crippen LogP contribution in [-0.2, 0) is 4.79 Å². The highest BCUT2D eigenvalue weighted by molar-refractivity contribution is 8.00. The summed E-state index contributed by atoms with van der Waals surface area (Å²) < 4.78 is 1.85. The topological polar surface area (TPSA) is 59.8 Å². The molecule has 1 atom stereocenters. The highest BCUT2D eigenvalue weighted by atomic mass is 35.5. The van der Waals surface area contributed by atoms with E-state index in [9.17, 15) is 4.79 Å². The Morgan fingerprint density at radius 2 is 2.00 bits per heavy atom. The minimum Gasteiger partial charge on any atom is -0.325 e. The van der Waals surface area contributed by atoms with E-state index in [2.05, 4.69) is 15.5 Å². The summed E-state index contributed by atoms with van der Waals surface area (Å²) in [5.74, 6) is -0.120. The molecule has 1 N–H and O–H groups in total. The summed E-state index contributed by atoms with van der Waals surface area (Å²) in [5.41, 5.74) is 1.62.